The highest BCUT2D eigenvalue weighted by Crippen LogP contribution is 2.21. The molecule has 0 spiro atoms. The minimum absolute atomic E-state index is 0.185. The summed E-state index contributed by atoms with van der Waals surface area (Å²) in [6, 6.07) is 9.33. The van der Waals surface area contributed by atoms with Crippen molar-refractivity contribution in [3.05, 3.63) is 47.3 Å². The summed E-state index contributed by atoms with van der Waals surface area (Å²) in [5, 5.41) is 16.5. The van der Waals surface area contributed by atoms with Gasteiger partial charge in [-0.25, -0.2) is 0 Å². The number of carbonyl (C=O) groups is 1. The normalized spacial score (nSPS) is 10.5. The van der Waals surface area contributed by atoms with E-state index in [0.29, 0.717) is 11.1 Å². The third-order valence-electron chi connectivity index (χ3n) is 3.08. The molecule has 0 atom stereocenters. The first-order valence-electron chi connectivity index (χ1n) is 6.32. The number of aryl methyl sites for hydroxylation is 2. The molecule has 2 aromatic heterocycles. The van der Waals surface area contributed by atoms with E-state index in [4.69, 9.17) is 9.68 Å². The van der Waals surface area contributed by atoms with Crippen LogP contribution in [0.25, 0.3) is 11.0 Å². The molecule has 3 aromatic rings. The molecule has 1 amide bonds. The monoisotopic (exact) mass is 280 g/mol. The number of furan rings is 1. The van der Waals surface area contributed by atoms with E-state index in [2.05, 4.69) is 10.4 Å². The molecule has 3 rings (SSSR count). The second-order valence-corrected chi connectivity index (χ2v) is 4.78. The number of aromatic nitrogens is 2. The van der Waals surface area contributed by atoms with Gasteiger partial charge in [-0.05, 0) is 25.1 Å². The Bertz CT molecular complexity index is 883. The molecular weight excluding hydrogens is 268 g/mol. The lowest BCUT2D eigenvalue weighted by molar-refractivity contribution is 0.0998. The summed E-state index contributed by atoms with van der Waals surface area (Å²) in [6.45, 7) is 1.97. The van der Waals surface area contributed by atoms with E-state index in [1.54, 1.807) is 13.1 Å². The minimum Gasteiger partial charge on any atom is -0.451 e. The number of carbonyl (C=O) groups excluding carboxylic acids is 1. The van der Waals surface area contributed by atoms with Gasteiger partial charge in [-0.3, -0.25) is 9.48 Å². The van der Waals surface area contributed by atoms with E-state index in [0.717, 1.165) is 10.9 Å². The number of anilines is 1. The van der Waals surface area contributed by atoms with Crippen LogP contribution in [0.15, 0.2) is 34.9 Å². The van der Waals surface area contributed by atoms with Gasteiger partial charge in [-0.1, -0.05) is 11.6 Å². The van der Waals surface area contributed by atoms with Crippen LogP contribution in [-0.4, -0.2) is 15.7 Å². The van der Waals surface area contributed by atoms with Crippen molar-refractivity contribution in [3.8, 4) is 6.07 Å². The van der Waals surface area contributed by atoms with Gasteiger partial charge in [0.2, 0.25) is 0 Å². The third kappa shape index (κ3) is 2.37. The van der Waals surface area contributed by atoms with Gasteiger partial charge in [-0.15, -0.1) is 0 Å². The standard InChI is InChI=1S/C15H12N4O2/c1-9-3-4-12-10(5-9)6-13(21-12)15(20)17-14-11(7-16)8-19(2)18-14/h3-6,8H,1-2H3,(H,17,18,20). The number of fused-ring (bicyclic) bond motifs is 1. The molecule has 1 N–H and O–H groups in total. The van der Waals surface area contributed by atoms with Gasteiger partial charge in [0.25, 0.3) is 5.91 Å². The Hall–Kier alpha value is -3.07. The van der Waals surface area contributed by atoms with Gasteiger partial charge >= 0.3 is 0 Å². The number of nitriles is 1. The number of rotatable bonds is 2. The quantitative estimate of drug-likeness (QED) is 0.782. The first-order valence-corrected chi connectivity index (χ1v) is 6.32. The molecule has 6 heteroatoms. The average molecular weight is 280 g/mol. The molecule has 104 valence electrons. The Morgan fingerprint density at radius 2 is 2.24 bits per heavy atom. The second-order valence-electron chi connectivity index (χ2n) is 4.78. The SMILES string of the molecule is Cc1ccc2oc(C(=O)Nc3nn(C)cc3C#N)cc2c1. The maximum atomic E-state index is 12.2. The van der Waals surface area contributed by atoms with E-state index in [1.807, 2.05) is 31.2 Å². The fourth-order valence-corrected chi connectivity index (χ4v) is 2.11. The summed E-state index contributed by atoms with van der Waals surface area (Å²) in [5.41, 5.74) is 2.04. The molecule has 0 aliphatic rings. The van der Waals surface area contributed by atoms with E-state index in [9.17, 15) is 4.79 Å². The van der Waals surface area contributed by atoms with Gasteiger partial charge in [0.1, 0.15) is 17.2 Å². The fraction of sp³-hybridized carbons (Fsp3) is 0.133. The molecule has 0 saturated heterocycles. The Morgan fingerprint density at radius 1 is 1.43 bits per heavy atom. The van der Waals surface area contributed by atoms with Crippen LogP contribution in [0, 0.1) is 18.3 Å². The van der Waals surface area contributed by atoms with Crippen molar-refractivity contribution in [1.29, 1.82) is 5.26 Å². The van der Waals surface area contributed by atoms with Crippen LogP contribution in [-0.2, 0) is 7.05 Å². The Kier molecular flexibility index (Phi) is 2.95. The Labute approximate surface area is 120 Å². The summed E-state index contributed by atoms with van der Waals surface area (Å²) in [7, 11) is 1.68. The maximum Gasteiger partial charge on any atom is 0.292 e. The molecule has 0 radical (unpaired) electrons. The van der Waals surface area contributed by atoms with Crippen molar-refractivity contribution < 1.29 is 9.21 Å². The highest BCUT2D eigenvalue weighted by molar-refractivity contribution is 6.04. The zero-order valence-electron chi connectivity index (χ0n) is 11.5. The Morgan fingerprint density at radius 3 is 3.00 bits per heavy atom. The first kappa shape index (κ1) is 12.9. The maximum absolute atomic E-state index is 12.2. The molecule has 2 heterocycles. The zero-order chi connectivity index (χ0) is 15.0. The van der Waals surface area contributed by atoms with E-state index in [-0.39, 0.29) is 11.6 Å². The van der Waals surface area contributed by atoms with Crippen LogP contribution in [0.4, 0.5) is 5.82 Å². The van der Waals surface area contributed by atoms with Crippen LogP contribution in [0.2, 0.25) is 0 Å². The van der Waals surface area contributed by atoms with Gasteiger partial charge in [0, 0.05) is 18.6 Å². The van der Waals surface area contributed by atoms with Crippen LogP contribution >= 0.6 is 0 Å². The molecule has 0 bridgehead atoms. The van der Waals surface area contributed by atoms with Gasteiger partial charge in [-0.2, -0.15) is 10.4 Å². The van der Waals surface area contributed by atoms with Crippen molar-refractivity contribution in [1.82, 2.24) is 9.78 Å². The smallest absolute Gasteiger partial charge is 0.292 e. The number of amides is 1. The van der Waals surface area contributed by atoms with Crippen molar-refractivity contribution >= 4 is 22.7 Å². The van der Waals surface area contributed by atoms with Crippen molar-refractivity contribution in [2.75, 3.05) is 5.32 Å². The second kappa shape index (κ2) is 4.80. The fourth-order valence-electron chi connectivity index (χ4n) is 2.11. The van der Waals surface area contributed by atoms with Crippen molar-refractivity contribution in [2.24, 2.45) is 7.05 Å². The molecule has 21 heavy (non-hydrogen) atoms. The molecule has 0 saturated carbocycles. The first-order chi connectivity index (χ1) is 10.1. The Balaban J connectivity index is 1.92. The van der Waals surface area contributed by atoms with Crippen molar-refractivity contribution in [3.63, 3.8) is 0 Å². The molecule has 0 fully saturated rings. The van der Waals surface area contributed by atoms with E-state index >= 15 is 0 Å². The summed E-state index contributed by atoms with van der Waals surface area (Å²) in [4.78, 5) is 12.2. The lowest BCUT2D eigenvalue weighted by Crippen LogP contribution is -2.12. The third-order valence-corrected chi connectivity index (χ3v) is 3.08. The van der Waals surface area contributed by atoms with Crippen molar-refractivity contribution in [2.45, 2.75) is 6.92 Å². The highest BCUT2D eigenvalue weighted by Gasteiger charge is 2.16. The lowest BCUT2D eigenvalue weighted by atomic mass is 10.2. The zero-order valence-corrected chi connectivity index (χ0v) is 11.5. The van der Waals surface area contributed by atoms with E-state index in [1.165, 1.54) is 10.9 Å². The largest absolute Gasteiger partial charge is 0.451 e. The number of hydrogen-bond donors (Lipinski definition) is 1. The molecule has 6 nitrogen and oxygen atoms in total. The van der Waals surface area contributed by atoms with Crippen LogP contribution in [0.1, 0.15) is 21.7 Å². The molecular formula is C15H12N4O2. The highest BCUT2D eigenvalue weighted by atomic mass is 16.3. The van der Waals surface area contributed by atoms with Gasteiger partial charge in [0.15, 0.2) is 11.6 Å². The van der Waals surface area contributed by atoms with Crippen LogP contribution < -0.4 is 5.32 Å². The van der Waals surface area contributed by atoms with Crippen LogP contribution in [0.5, 0.6) is 0 Å². The topological polar surface area (TPSA) is 83.8 Å². The minimum atomic E-state index is -0.431. The lowest BCUT2D eigenvalue weighted by Gasteiger charge is -1.98. The molecule has 0 unspecified atom stereocenters. The number of benzene rings is 1. The van der Waals surface area contributed by atoms with Gasteiger partial charge < -0.3 is 9.73 Å². The molecule has 0 aliphatic heterocycles. The number of hydrogen-bond acceptors (Lipinski definition) is 4. The summed E-state index contributed by atoms with van der Waals surface area (Å²) in [6.07, 6.45) is 1.54. The predicted octanol–water partition coefficient (Wildman–Crippen LogP) is 2.60. The van der Waals surface area contributed by atoms with E-state index < -0.39 is 5.91 Å². The predicted molar refractivity (Wildman–Crippen MR) is 76.8 cm³/mol. The summed E-state index contributed by atoms with van der Waals surface area (Å²) >= 11 is 0. The van der Waals surface area contributed by atoms with Crippen LogP contribution in [0.3, 0.4) is 0 Å². The van der Waals surface area contributed by atoms with Gasteiger partial charge in [0.05, 0.1) is 0 Å². The summed E-state index contributed by atoms with van der Waals surface area (Å²) < 4.78 is 6.98. The molecule has 1 aromatic carbocycles. The average Bonchev–Trinajstić information content (AvgIpc) is 3.01. The molecule has 0 aliphatic carbocycles. The summed E-state index contributed by atoms with van der Waals surface area (Å²) in [5.74, 6) is -0.0224. The number of nitrogens with one attached hydrogen (secondary N) is 1. The number of nitrogens with zero attached hydrogens (tertiary/aromatic N) is 3.